The maximum absolute atomic E-state index is 2.72. The zero-order chi connectivity index (χ0) is 16.6. The van der Waals surface area contributed by atoms with Gasteiger partial charge in [0, 0.05) is 19.1 Å². The van der Waals surface area contributed by atoms with Gasteiger partial charge >= 0.3 is 0 Å². The van der Waals surface area contributed by atoms with Gasteiger partial charge in [0.25, 0.3) is 0 Å². The Balaban J connectivity index is 2.01. The standard InChI is InChI=1S/C22H31N/c1-6-15(3)12-20-17(5)10-11-23-14-21-18(13-22(20)23)9-8-16(4)19(21)7-2/h8-9,12,22H,6-7,10-11,13-14H2,1-5H3/b15-12+. The first kappa shape index (κ1) is 16.5. The predicted octanol–water partition coefficient (Wildman–Crippen LogP) is 5.36. The Labute approximate surface area is 142 Å². The van der Waals surface area contributed by atoms with E-state index < -0.39 is 0 Å². The van der Waals surface area contributed by atoms with Crippen LogP contribution in [-0.4, -0.2) is 17.5 Å². The third kappa shape index (κ3) is 3.04. The van der Waals surface area contributed by atoms with Crippen LogP contribution < -0.4 is 0 Å². The van der Waals surface area contributed by atoms with Crippen molar-refractivity contribution in [3.63, 3.8) is 0 Å². The highest BCUT2D eigenvalue weighted by molar-refractivity contribution is 5.46. The van der Waals surface area contributed by atoms with Crippen molar-refractivity contribution in [3.8, 4) is 0 Å². The summed E-state index contributed by atoms with van der Waals surface area (Å²) in [5.41, 5.74) is 11.0. The second-order valence-corrected chi connectivity index (χ2v) is 7.37. The molecule has 1 nitrogen and oxygen atoms in total. The number of hydrogen-bond acceptors (Lipinski definition) is 1. The van der Waals surface area contributed by atoms with E-state index in [0.29, 0.717) is 6.04 Å². The lowest BCUT2D eigenvalue weighted by Gasteiger charge is -2.42. The molecule has 0 saturated carbocycles. The van der Waals surface area contributed by atoms with Gasteiger partial charge in [-0.1, -0.05) is 43.2 Å². The van der Waals surface area contributed by atoms with Crippen LogP contribution in [0, 0.1) is 6.92 Å². The van der Waals surface area contributed by atoms with Crippen LogP contribution >= 0.6 is 0 Å². The van der Waals surface area contributed by atoms with Gasteiger partial charge < -0.3 is 0 Å². The first-order valence-corrected chi connectivity index (χ1v) is 9.26. The van der Waals surface area contributed by atoms with Gasteiger partial charge in [-0.05, 0) is 74.3 Å². The molecule has 0 aromatic heterocycles. The Morgan fingerprint density at radius 1 is 1.26 bits per heavy atom. The molecule has 1 aromatic rings. The Bertz CT molecular complexity index is 663. The van der Waals surface area contributed by atoms with Gasteiger partial charge in [-0.25, -0.2) is 0 Å². The van der Waals surface area contributed by atoms with Crippen molar-refractivity contribution < 1.29 is 0 Å². The molecule has 0 N–H and O–H groups in total. The predicted molar refractivity (Wildman–Crippen MR) is 99.8 cm³/mol. The highest BCUT2D eigenvalue weighted by Gasteiger charge is 2.32. The molecule has 0 radical (unpaired) electrons. The molecule has 0 bridgehead atoms. The highest BCUT2D eigenvalue weighted by Crippen LogP contribution is 2.36. The molecule has 0 spiro atoms. The molecule has 2 heterocycles. The minimum absolute atomic E-state index is 0.588. The molecule has 23 heavy (non-hydrogen) atoms. The SMILES string of the molecule is CC/C(C)=C/C1=C(C)CCN2Cc3c(ccc(C)c3CC)CC12. The van der Waals surface area contributed by atoms with Crippen molar-refractivity contribution in [3.05, 3.63) is 57.2 Å². The summed E-state index contributed by atoms with van der Waals surface area (Å²) in [6, 6.07) is 5.31. The lowest BCUT2D eigenvalue weighted by Crippen LogP contribution is -2.45. The molecule has 1 atom stereocenters. The molecular formula is C22H31N. The minimum atomic E-state index is 0.588. The fourth-order valence-corrected chi connectivity index (χ4v) is 4.26. The number of nitrogens with zero attached hydrogens (tertiary/aromatic N) is 1. The summed E-state index contributed by atoms with van der Waals surface area (Å²) in [5.74, 6) is 0. The molecule has 1 heteroatoms. The fourth-order valence-electron chi connectivity index (χ4n) is 4.26. The summed E-state index contributed by atoms with van der Waals surface area (Å²) < 4.78 is 0. The summed E-state index contributed by atoms with van der Waals surface area (Å²) in [5, 5.41) is 0. The van der Waals surface area contributed by atoms with Crippen LogP contribution in [0.15, 0.2) is 34.9 Å². The largest absolute Gasteiger partial charge is 0.291 e. The van der Waals surface area contributed by atoms with E-state index in [2.05, 4.69) is 57.7 Å². The van der Waals surface area contributed by atoms with Crippen molar-refractivity contribution in [2.24, 2.45) is 0 Å². The second kappa shape index (κ2) is 6.65. The number of fused-ring (bicyclic) bond motifs is 2. The molecule has 0 amide bonds. The third-order valence-corrected chi connectivity index (χ3v) is 5.92. The lowest BCUT2D eigenvalue weighted by molar-refractivity contribution is 0.187. The number of aryl methyl sites for hydroxylation is 1. The molecule has 3 rings (SSSR count). The molecule has 1 aromatic carbocycles. The quantitative estimate of drug-likeness (QED) is 0.726. The van der Waals surface area contributed by atoms with Crippen molar-refractivity contribution >= 4 is 0 Å². The third-order valence-electron chi connectivity index (χ3n) is 5.92. The number of hydrogen-bond donors (Lipinski definition) is 0. The molecular weight excluding hydrogens is 278 g/mol. The van der Waals surface area contributed by atoms with E-state index in [4.69, 9.17) is 0 Å². The van der Waals surface area contributed by atoms with E-state index in [9.17, 15) is 0 Å². The fraction of sp³-hybridized carbons (Fsp3) is 0.545. The maximum atomic E-state index is 2.72. The number of allylic oxidation sites excluding steroid dienone is 1. The van der Waals surface area contributed by atoms with Crippen LogP contribution in [0.25, 0.3) is 0 Å². The zero-order valence-corrected chi connectivity index (χ0v) is 15.5. The average molecular weight is 309 g/mol. The first-order chi connectivity index (χ1) is 11.0. The van der Waals surface area contributed by atoms with Crippen molar-refractivity contribution in [2.75, 3.05) is 6.54 Å². The molecule has 2 aliphatic heterocycles. The number of benzene rings is 1. The van der Waals surface area contributed by atoms with Gasteiger partial charge in [-0.15, -0.1) is 0 Å². The summed E-state index contributed by atoms with van der Waals surface area (Å²) in [6.07, 6.45) is 7.19. The Hall–Kier alpha value is -1.34. The average Bonchev–Trinajstić information content (AvgIpc) is 2.56. The monoisotopic (exact) mass is 309 g/mol. The molecule has 0 aliphatic carbocycles. The summed E-state index contributed by atoms with van der Waals surface area (Å²) in [6.45, 7) is 13.8. The number of rotatable bonds is 3. The molecule has 1 unspecified atom stereocenters. The lowest BCUT2D eigenvalue weighted by atomic mass is 9.81. The van der Waals surface area contributed by atoms with Gasteiger partial charge in [-0.2, -0.15) is 0 Å². The van der Waals surface area contributed by atoms with Crippen LogP contribution in [0.5, 0.6) is 0 Å². The first-order valence-electron chi connectivity index (χ1n) is 9.26. The van der Waals surface area contributed by atoms with Gasteiger partial charge in [0.2, 0.25) is 0 Å². The van der Waals surface area contributed by atoms with E-state index in [1.807, 2.05) is 0 Å². The van der Waals surface area contributed by atoms with Crippen molar-refractivity contribution in [1.29, 1.82) is 0 Å². The van der Waals surface area contributed by atoms with Crippen LogP contribution in [-0.2, 0) is 19.4 Å². The van der Waals surface area contributed by atoms with E-state index in [-0.39, 0.29) is 0 Å². The van der Waals surface area contributed by atoms with Gasteiger partial charge in [-0.3, -0.25) is 4.90 Å². The van der Waals surface area contributed by atoms with Crippen molar-refractivity contribution in [1.82, 2.24) is 4.90 Å². The second-order valence-electron chi connectivity index (χ2n) is 7.37. The highest BCUT2D eigenvalue weighted by atomic mass is 15.2. The van der Waals surface area contributed by atoms with Gasteiger partial charge in [0.15, 0.2) is 0 Å². The smallest absolute Gasteiger partial charge is 0.0391 e. The van der Waals surface area contributed by atoms with Crippen LogP contribution in [0.1, 0.15) is 62.8 Å². The Morgan fingerprint density at radius 2 is 2.04 bits per heavy atom. The topological polar surface area (TPSA) is 3.24 Å². The normalized spacial score (nSPS) is 22.1. The van der Waals surface area contributed by atoms with E-state index in [0.717, 1.165) is 19.4 Å². The maximum Gasteiger partial charge on any atom is 0.0391 e. The summed E-state index contributed by atoms with van der Waals surface area (Å²) in [4.78, 5) is 2.72. The summed E-state index contributed by atoms with van der Waals surface area (Å²) in [7, 11) is 0. The van der Waals surface area contributed by atoms with Crippen LogP contribution in [0.2, 0.25) is 0 Å². The zero-order valence-electron chi connectivity index (χ0n) is 15.5. The minimum Gasteiger partial charge on any atom is -0.291 e. The van der Waals surface area contributed by atoms with E-state index in [1.54, 1.807) is 27.8 Å². The van der Waals surface area contributed by atoms with Crippen molar-refractivity contribution in [2.45, 2.75) is 72.9 Å². The molecule has 0 saturated heterocycles. The summed E-state index contributed by atoms with van der Waals surface area (Å²) >= 11 is 0. The Morgan fingerprint density at radius 3 is 2.74 bits per heavy atom. The van der Waals surface area contributed by atoms with Gasteiger partial charge in [0.05, 0.1) is 0 Å². The molecule has 0 fully saturated rings. The van der Waals surface area contributed by atoms with Crippen LogP contribution in [0.3, 0.4) is 0 Å². The molecule has 124 valence electrons. The van der Waals surface area contributed by atoms with E-state index in [1.165, 1.54) is 30.5 Å². The van der Waals surface area contributed by atoms with E-state index >= 15 is 0 Å². The van der Waals surface area contributed by atoms with Crippen LogP contribution in [0.4, 0.5) is 0 Å². The Kier molecular flexibility index (Phi) is 4.77. The van der Waals surface area contributed by atoms with Gasteiger partial charge in [0.1, 0.15) is 0 Å². The molecule has 2 aliphatic rings.